The van der Waals surface area contributed by atoms with Gasteiger partial charge in [-0.1, -0.05) is 60.7 Å². The molecule has 2 N–H and O–H groups in total. The van der Waals surface area contributed by atoms with Crippen LogP contribution in [0.1, 0.15) is 29.2 Å². The van der Waals surface area contributed by atoms with Gasteiger partial charge >= 0.3 is 0 Å². The average molecular weight is 375 g/mol. The first-order valence-electron chi connectivity index (χ1n) is 9.39. The number of anilines is 1. The van der Waals surface area contributed by atoms with E-state index in [1.165, 1.54) is 0 Å². The van der Waals surface area contributed by atoms with E-state index in [0.717, 1.165) is 28.8 Å². The highest BCUT2D eigenvalue weighted by atomic mass is 16.5. The Morgan fingerprint density at radius 3 is 2.54 bits per heavy atom. The highest BCUT2D eigenvalue weighted by Gasteiger charge is 2.10. The summed E-state index contributed by atoms with van der Waals surface area (Å²) in [6, 6.07) is 24.9. The van der Waals surface area contributed by atoms with Crippen LogP contribution in [0.15, 0.2) is 78.9 Å². The number of aliphatic hydroxyl groups is 1. The molecule has 144 valence electrons. The van der Waals surface area contributed by atoms with E-state index in [-0.39, 0.29) is 12.3 Å². The van der Waals surface area contributed by atoms with Crippen LogP contribution in [-0.4, -0.2) is 18.1 Å². The zero-order valence-corrected chi connectivity index (χ0v) is 16.0. The fourth-order valence-corrected chi connectivity index (χ4v) is 3.18. The molecule has 0 fully saturated rings. The van der Waals surface area contributed by atoms with Crippen LogP contribution in [0.2, 0.25) is 0 Å². The first-order chi connectivity index (χ1) is 13.7. The van der Waals surface area contributed by atoms with Gasteiger partial charge in [-0.3, -0.25) is 4.79 Å². The summed E-state index contributed by atoms with van der Waals surface area (Å²) in [6.07, 6.45) is 1.11. The van der Waals surface area contributed by atoms with Crippen LogP contribution in [-0.2, 0) is 17.6 Å². The number of para-hydroxylation sites is 1. The van der Waals surface area contributed by atoms with Crippen molar-refractivity contribution in [2.24, 2.45) is 0 Å². The number of hydrogen-bond acceptors (Lipinski definition) is 3. The summed E-state index contributed by atoms with van der Waals surface area (Å²) in [6.45, 7) is 0. The molecule has 0 aromatic heterocycles. The number of amides is 1. The molecule has 0 aliphatic rings. The van der Waals surface area contributed by atoms with Crippen LogP contribution in [0.3, 0.4) is 0 Å². The summed E-state index contributed by atoms with van der Waals surface area (Å²) >= 11 is 0. The van der Waals surface area contributed by atoms with Gasteiger partial charge in [-0.2, -0.15) is 0 Å². The van der Waals surface area contributed by atoms with E-state index in [1.54, 1.807) is 7.11 Å². The third kappa shape index (κ3) is 5.44. The number of aliphatic hydroxyl groups excluding tert-OH is 1. The zero-order valence-electron chi connectivity index (χ0n) is 16.0. The Labute approximate surface area is 165 Å². The smallest absolute Gasteiger partial charge is 0.228 e. The predicted molar refractivity (Wildman–Crippen MR) is 111 cm³/mol. The van der Waals surface area contributed by atoms with Gasteiger partial charge in [0.2, 0.25) is 5.91 Å². The Balaban J connectivity index is 1.57. The van der Waals surface area contributed by atoms with E-state index in [0.29, 0.717) is 12.2 Å². The Morgan fingerprint density at radius 2 is 1.75 bits per heavy atom. The molecule has 3 aromatic rings. The minimum absolute atomic E-state index is 0.0917. The lowest BCUT2D eigenvalue weighted by Gasteiger charge is -2.12. The molecule has 1 amide bonds. The summed E-state index contributed by atoms with van der Waals surface area (Å²) in [5.41, 5.74) is 3.60. The lowest BCUT2D eigenvalue weighted by molar-refractivity contribution is -0.115. The quantitative estimate of drug-likeness (QED) is 0.608. The second kappa shape index (κ2) is 9.72. The Hall–Kier alpha value is -3.11. The van der Waals surface area contributed by atoms with Gasteiger partial charge in [0.05, 0.1) is 19.6 Å². The molecule has 0 heterocycles. The average Bonchev–Trinajstić information content (AvgIpc) is 2.73. The molecule has 0 saturated carbocycles. The van der Waals surface area contributed by atoms with Gasteiger partial charge in [-0.25, -0.2) is 0 Å². The summed E-state index contributed by atoms with van der Waals surface area (Å²) in [7, 11) is 1.60. The molecule has 0 radical (unpaired) electrons. The predicted octanol–water partition coefficient (Wildman–Crippen LogP) is 4.54. The number of hydrogen-bond donors (Lipinski definition) is 2. The van der Waals surface area contributed by atoms with Crippen molar-refractivity contribution >= 4 is 11.6 Å². The number of carbonyl (C=O) groups is 1. The second-order valence-corrected chi connectivity index (χ2v) is 6.70. The number of rotatable bonds is 8. The van der Waals surface area contributed by atoms with E-state index in [2.05, 4.69) is 5.32 Å². The summed E-state index contributed by atoms with van der Waals surface area (Å²) in [4.78, 5) is 12.4. The standard InChI is InChI=1S/C24H25NO3/c1-28-23-13-6-5-11-20(23)17-24(27)25-21-12-7-8-18(16-21)14-15-22(26)19-9-3-2-4-10-19/h2-13,16,22,26H,14-15,17H2,1H3,(H,25,27)/t22-/m1/s1. The first kappa shape index (κ1) is 19.6. The molecule has 3 aromatic carbocycles. The second-order valence-electron chi connectivity index (χ2n) is 6.70. The molecule has 0 spiro atoms. The number of aryl methyl sites for hydroxylation is 1. The van der Waals surface area contributed by atoms with Gasteiger partial charge in [-0.15, -0.1) is 0 Å². The van der Waals surface area contributed by atoms with Crippen LogP contribution >= 0.6 is 0 Å². The van der Waals surface area contributed by atoms with Crippen molar-refractivity contribution < 1.29 is 14.6 Å². The fraction of sp³-hybridized carbons (Fsp3) is 0.208. The highest BCUT2D eigenvalue weighted by molar-refractivity contribution is 5.92. The van der Waals surface area contributed by atoms with Crippen molar-refractivity contribution in [2.45, 2.75) is 25.4 Å². The molecular weight excluding hydrogens is 350 g/mol. The van der Waals surface area contributed by atoms with Gasteiger partial charge in [-0.05, 0) is 42.2 Å². The largest absolute Gasteiger partial charge is 0.496 e. The van der Waals surface area contributed by atoms with Crippen LogP contribution in [0, 0.1) is 0 Å². The van der Waals surface area contributed by atoms with Crippen LogP contribution < -0.4 is 10.1 Å². The summed E-state index contributed by atoms with van der Waals surface area (Å²) in [5, 5.41) is 13.3. The van der Waals surface area contributed by atoms with Gasteiger partial charge in [0.1, 0.15) is 5.75 Å². The van der Waals surface area contributed by atoms with Crippen molar-refractivity contribution in [2.75, 3.05) is 12.4 Å². The molecule has 0 saturated heterocycles. The maximum absolute atomic E-state index is 12.4. The van der Waals surface area contributed by atoms with Crippen molar-refractivity contribution in [1.82, 2.24) is 0 Å². The molecule has 0 bridgehead atoms. The summed E-state index contributed by atoms with van der Waals surface area (Å²) < 4.78 is 5.30. The van der Waals surface area contributed by atoms with Gasteiger partial charge in [0.15, 0.2) is 0 Å². The molecule has 0 unspecified atom stereocenters. The van der Waals surface area contributed by atoms with Gasteiger partial charge < -0.3 is 15.2 Å². The van der Waals surface area contributed by atoms with Crippen molar-refractivity contribution in [3.05, 3.63) is 95.6 Å². The third-order valence-corrected chi connectivity index (χ3v) is 4.65. The van der Waals surface area contributed by atoms with Crippen LogP contribution in [0.5, 0.6) is 5.75 Å². The number of methoxy groups -OCH3 is 1. The Kier molecular flexibility index (Phi) is 6.82. The van der Waals surface area contributed by atoms with E-state index in [1.807, 2.05) is 78.9 Å². The SMILES string of the molecule is COc1ccccc1CC(=O)Nc1cccc(CC[C@@H](O)c2ccccc2)c1. The lowest BCUT2D eigenvalue weighted by atomic mass is 10.0. The first-order valence-corrected chi connectivity index (χ1v) is 9.39. The topological polar surface area (TPSA) is 58.6 Å². The number of ether oxygens (including phenoxy) is 1. The minimum Gasteiger partial charge on any atom is -0.496 e. The molecule has 28 heavy (non-hydrogen) atoms. The molecule has 4 nitrogen and oxygen atoms in total. The van der Waals surface area contributed by atoms with E-state index < -0.39 is 6.10 Å². The van der Waals surface area contributed by atoms with Crippen molar-refractivity contribution in [3.8, 4) is 5.75 Å². The fourth-order valence-electron chi connectivity index (χ4n) is 3.18. The highest BCUT2D eigenvalue weighted by Crippen LogP contribution is 2.21. The number of carbonyl (C=O) groups excluding carboxylic acids is 1. The van der Waals surface area contributed by atoms with Gasteiger partial charge in [0, 0.05) is 11.3 Å². The monoisotopic (exact) mass is 375 g/mol. The number of nitrogens with one attached hydrogen (secondary N) is 1. The zero-order chi connectivity index (χ0) is 19.8. The Bertz CT molecular complexity index is 908. The lowest BCUT2D eigenvalue weighted by Crippen LogP contribution is -2.15. The van der Waals surface area contributed by atoms with E-state index in [4.69, 9.17) is 4.74 Å². The maximum atomic E-state index is 12.4. The van der Waals surface area contributed by atoms with E-state index >= 15 is 0 Å². The van der Waals surface area contributed by atoms with Crippen LogP contribution in [0.25, 0.3) is 0 Å². The van der Waals surface area contributed by atoms with Crippen molar-refractivity contribution in [1.29, 1.82) is 0 Å². The normalized spacial score (nSPS) is 11.6. The van der Waals surface area contributed by atoms with Crippen LogP contribution in [0.4, 0.5) is 5.69 Å². The molecule has 4 heteroatoms. The molecular formula is C24H25NO3. The van der Waals surface area contributed by atoms with Gasteiger partial charge in [0.25, 0.3) is 0 Å². The number of benzene rings is 3. The molecule has 0 aliphatic heterocycles. The van der Waals surface area contributed by atoms with E-state index in [9.17, 15) is 9.90 Å². The maximum Gasteiger partial charge on any atom is 0.228 e. The molecule has 3 rings (SSSR count). The van der Waals surface area contributed by atoms with Crippen molar-refractivity contribution in [3.63, 3.8) is 0 Å². The molecule has 0 aliphatic carbocycles. The third-order valence-electron chi connectivity index (χ3n) is 4.65. The minimum atomic E-state index is -0.495. The Morgan fingerprint density at radius 1 is 1.00 bits per heavy atom. The molecule has 1 atom stereocenters. The summed E-state index contributed by atoms with van der Waals surface area (Å²) in [5.74, 6) is 0.618.